The van der Waals surface area contributed by atoms with Crippen LogP contribution >= 0.6 is 0 Å². The number of benzene rings is 3. The van der Waals surface area contributed by atoms with Gasteiger partial charge in [0.05, 0.1) is 58.6 Å². The lowest BCUT2D eigenvalue weighted by atomic mass is 9.91. The van der Waals surface area contributed by atoms with Crippen molar-refractivity contribution >= 4 is 23.1 Å². The van der Waals surface area contributed by atoms with Gasteiger partial charge in [-0.2, -0.15) is 0 Å². The van der Waals surface area contributed by atoms with Crippen molar-refractivity contribution in [3.63, 3.8) is 0 Å². The molecule has 0 saturated carbocycles. The Morgan fingerprint density at radius 1 is 0.341 bits per heavy atom. The van der Waals surface area contributed by atoms with Crippen LogP contribution in [-0.4, -0.2) is 166 Å². The highest BCUT2D eigenvalue weighted by Crippen LogP contribution is 2.25. The van der Waals surface area contributed by atoms with Gasteiger partial charge >= 0.3 is 0 Å². The van der Waals surface area contributed by atoms with E-state index in [1.165, 1.54) is 27.7 Å². The van der Waals surface area contributed by atoms with Gasteiger partial charge in [0.2, 0.25) is 0 Å². The molecule has 0 saturated heterocycles. The van der Waals surface area contributed by atoms with E-state index in [1.807, 2.05) is 0 Å². The van der Waals surface area contributed by atoms with Crippen molar-refractivity contribution in [2.45, 2.75) is 202 Å². The van der Waals surface area contributed by atoms with Gasteiger partial charge in [0, 0.05) is 23.1 Å². The molecule has 0 radical (unpaired) electrons. The van der Waals surface area contributed by atoms with Gasteiger partial charge in [0.15, 0.2) is 23.1 Å². The molecule has 3 aromatic carbocycles. The van der Waals surface area contributed by atoms with E-state index < -0.39 is 22.4 Å². The summed E-state index contributed by atoms with van der Waals surface area (Å²) in [5.41, 5.74) is -2.56. The van der Waals surface area contributed by atoms with Crippen molar-refractivity contribution in [2.24, 2.45) is 0 Å². The first-order chi connectivity index (χ1) is 32.9. The summed E-state index contributed by atoms with van der Waals surface area (Å²) in [4.78, 5) is 47.8. The summed E-state index contributed by atoms with van der Waals surface area (Å²) in [5, 5.41) is 71.0. The molecule has 0 unspecified atom stereocenters. The summed E-state index contributed by atoms with van der Waals surface area (Å²) in [6.45, 7) is 13.3. The number of carbonyl (C=O) groups excluding carboxylic acids is 4. The molecule has 0 amide bonds. The topological polar surface area (TPSA) is 286 Å². The van der Waals surface area contributed by atoms with Crippen molar-refractivity contribution in [1.82, 2.24) is 0 Å². The molecule has 0 bridgehead atoms. The van der Waals surface area contributed by atoms with Crippen molar-refractivity contribution in [3.8, 4) is 17.2 Å². The lowest BCUT2D eigenvalue weighted by molar-refractivity contribution is -0.130. The minimum absolute atomic E-state index is 0. The number of allylic oxidation sites excluding steroid dienone is 3. The first-order valence-electron chi connectivity index (χ1n) is 22.7. The molecule has 18 heteroatoms. The first kappa shape index (κ1) is 118. The van der Waals surface area contributed by atoms with Crippen molar-refractivity contribution in [1.29, 1.82) is 0 Å². The number of aliphatic hydroxyl groups excluding tert-OH is 6. The van der Waals surface area contributed by atoms with E-state index in [-0.39, 0.29) is 214 Å². The maximum Gasteiger partial charge on any atom is 0.194 e. The molecule has 1 aliphatic rings. The summed E-state index contributed by atoms with van der Waals surface area (Å²) < 4.78 is 31.5. The molecule has 18 nitrogen and oxygen atoms in total. The summed E-state index contributed by atoms with van der Waals surface area (Å²) in [6, 6.07) is 19.7. The van der Waals surface area contributed by atoms with Gasteiger partial charge in [-0.15, -0.1) is 0 Å². The Morgan fingerprint density at radius 3 is 0.812 bits per heavy atom. The second-order valence-electron chi connectivity index (χ2n) is 17.3. The number of ether oxygens (including phenoxy) is 6. The van der Waals surface area contributed by atoms with Crippen LogP contribution in [-0.2, 0) is 19.0 Å². The lowest BCUT2D eigenvalue weighted by Gasteiger charge is -2.23. The van der Waals surface area contributed by atoms with E-state index in [2.05, 4.69) is 0 Å². The number of hydrogen-bond acceptors (Lipinski definition) is 18. The van der Waals surface area contributed by atoms with Crippen LogP contribution in [0.2, 0.25) is 0 Å². The fourth-order valence-electron chi connectivity index (χ4n) is 5.88. The Bertz CT molecular complexity index is 1980. The molecule has 4 rings (SSSR count). The van der Waals surface area contributed by atoms with Crippen LogP contribution in [0.4, 0.5) is 0 Å². The van der Waals surface area contributed by atoms with Crippen molar-refractivity contribution in [3.05, 3.63) is 113 Å². The molecule has 1 aliphatic carbocycles. The number of carbonyl (C=O) groups is 4. The zero-order chi connectivity index (χ0) is 53.0. The average molecular weight is 1230 g/mol. The summed E-state index contributed by atoms with van der Waals surface area (Å²) >= 11 is 0. The zero-order valence-electron chi connectivity index (χ0n) is 41.6. The third-order valence-corrected chi connectivity index (χ3v) is 9.52. The highest BCUT2D eigenvalue weighted by atomic mass is 16.5. The smallest absolute Gasteiger partial charge is 0.194 e. The largest absolute Gasteiger partial charge is 0.496 e. The van der Waals surface area contributed by atoms with E-state index in [0.717, 1.165) is 5.76 Å². The zero-order valence-corrected chi connectivity index (χ0v) is 41.6. The molecule has 0 heterocycles. The highest BCUT2D eigenvalue weighted by molar-refractivity contribution is 6.03. The molecule has 0 atom stereocenters. The van der Waals surface area contributed by atoms with Gasteiger partial charge in [-0.25, -0.2) is 0 Å². The number of ketones is 4. The summed E-state index contributed by atoms with van der Waals surface area (Å²) in [7, 11) is 0. The average Bonchev–Trinajstić information content (AvgIpc) is 3.34. The molecule has 0 aromatic heterocycles. The number of hydrogen-bond donors (Lipinski definition) is 8. The molecule has 3 aromatic rings. The van der Waals surface area contributed by atoms with Gasteiger partial charge in [0.1, 0.15) is 66.1 Å². The van der Waals surface area contributed by atoms with Gasteiger partial charge in [-0.3, -0.25) is 19.2 Å². The maximum absolute atomic E-state index is 12.2. The summed E-state index contributed by atoms with van der Waals surface area (Å²) in [5.74, 6) is 1.65. The quantitative estimate of drug-likeness (QED) is 0.0347. The van der Waals surface area contributed by atoms with Gasteiger partial charge in [-0.1, -0.05) is 117 Å². The molecule has 85 heavy (non-hydrogen) atoms. The van der Waals surface area contributed by atoms with Crippen LogP contribution in [0.1, 0.15) is 211 Å². The van der Waals surface area contributed by atoms with Crippen molar-refractivity contribution in [2.75, 3.05) is 79.3 Å². The molecule has 0 spiro atoms. The molecule has 8 N–H and O–H groups in total. The van der Waals surface area contributed by atoms with Crippen LogP contribution in [0.25, 0.3) is 0 Å². The monoisotopic (exact) mass is 1230 g/mol. The fourth-order valence-corrected chi connectivity index (χ4v) is 5.88. The first-order valence-corrected chi connectivity index (χ1v) is 22.7. The fraction of sp³-hybridized carbons (Fsp3) is 0.612. The SMILES string of the molecule is C.C.C.C.C.C.C.C.C.C.C.C.C.C.C.CC(C)(O)C(=O)C1=CC=C(OCCO)CC1.CC(C)(O)C(=O)c1ccc(OCCO)cc1.CC(C)(OCCO)C(=O)c1ccc(OCCO)cc1.CC(C)(OCCO)C(=O)c1ccc(OCCO)cc1. The van der Waals surface area contributed by atoms with Gasteiger partial charge in [-0.05, 0) is 146 Å². The standard InChI is InChI=1S/2C14H20O5.C12H18O4.C12H16O4.15CH4/c2*1-14(2,19-10-8-16)13(17)11-3-5-12(6-4-11)18-9-7-15;2*1-12(2,15)11(14)9-3-5-10(6-4-9)16-8-7-13;;;;;;;;;;;;;;;/h2*3-6,15-16H,7-10H2,1-2H3;3,5,13,15H,4,6-8H2,1-2H3;3-6,13,15H,7-8H2,1-2H3;15*1H4. The van der Waals surface area contributed by atoms with Gasteiger partial charge in [0.25, 0.3) is 0 Å². The second-order valence-corrected chi connectivity index (χ2v) is 17.3. The number of Topliss-reactive ketones (excluding diaryl/α,β-unsaturated/α-hetero) is 4. The highest BCUT2D eigenvalue weighted by Gasteiger charge is 2.31. The minimum atomic E-state index is -1.37. The van der Waals surface area contributed by atoms with E-state index in [1.54, 1.807) is 113 Å². The van der Waals surface area contributed by atoms with Crippen LogP contribution in [0.5, 0.6) is 17.2 Å². The molecule has 510 valence electrons. The van der Waals surface area contributed by atoms with Crippen LogP contribution < -0.4 is 14.2 Å². The molecule has 0 fully saturated rings. The molecule has 0 aliphatic heterocycles. The second kappa shape index (κ2) is 60.3. The Balaban J connectivity index is -0.0000000560. The predicted molar refractivity (Wildman–Crippen MR) is 361 cm³/mol. The normalized spacial score (nSPS) is 10.3. The van der Waals surface area contributed by atoms with Gasteiger partial charge < -0.3 is 69.3 Å². The maximum atomic E-state index is 12.2. The number of rotatable bonds is 26. The summed E-state index contributed by atoms with van der Waals surface area (Å²) in [6.07, 6.45) is 4.60. The Hall–Kier alpha value is -5.38. The molecular formula is C67H134O18. The van der Waals surface area contributed by atoms with Crippen LogP contribution in [0.15, 0.2) is 96.3 Å². The van der Waals surface area contributed by atoms with E-state index in [4.69, 9.17) is 59.1 Å². The van der Waals surface area contributed by atoms with E-state index in [0.29, 0.717) is 52.4 Å². The third-order valence-electron chi connectivity index (χ3n) is 9.52. The third kappa shape index (κ3) is 45.6. The minimum Gasteiger partial charge on any atom is -0.496 e. The van der Waals surface area contributed by atoms with E-state index in [9.17, 15) is 29.4 Å². The number of aliphatic hydroxyl groups is 8. The Morgan fingerprint density at radius 2 is 0.588 bits per heavy atom. The van der Waals surface area contributed by atoms with Crippen LogP contribution in [0.3, 0.4) is 0 Å². The predicted octanol–water partition coefficient (Wildman–Crippen LogP) is 13.5. The van der Waals surface area contributed by atoms with Crippen LogP contribution in [0, 0.1) is 0 Å². The molecular weight excluding hydrogens is 1090 g/mol. The Labute approximate surface area is 521 Å². The van der Waals surface area contributed by atoms with E-state index >= 15 is 0 Å². The van der Waals surface area contributed by atoms with Crippen molar-refractivity contribution < 1.29 is 88.5 Å². The lowest BCUT2D eigenvalue weighted by Crippen LogP contribution is -2.36. The Kier molecular flexibility index (Phi) is 83.6.